The second-order valence-electron chi connectivity index (χ2n) is 5.28. The summed E-state index contributed by atoms with van der Waals surface area (Å²) in [6, 6.07) is 2.15. The predicted molar refractivity (Wildman–Crippen MR) is 74.3 cm³/mol. The van der Waals surface area contributed by atoms with Gasteiger partial charge in [0, 0.05) is 24.3 Å². The van der Waals surface area contributed by atoms with Crippen LogP contribution in [0.3, 0.4) is 0 Å². The summed E-state index contributed by atoms with van der Waals surface area (Å²) in [7, 11) is 0. The van der Waals surface area contributed by atoms with Crippen LogP contribution in [0.5, 0.6) is 0 Å². The highest BCUT2D eigenvalue weighted by Crippen LogP contribution is 2.37. The summed E-state index contributed by atoms with van der Waals surface area (Å²) >= 11 is 0. The standard InChI is InChI=1S/C14H18N4O2/c1-8-12(9(2)20-17-8)6-16-14(19)13-5-10(15)7-18(13)11-3-4-11/h5,7,11H,3-4,6,15H2,1-2H3,(H,16,19). The van der Waals surface area contributed by atoms with Gasteiger partial charge in [0.05, 0.1) is 11.4 Å². The van der Waals surface area contributed by atoms with Gasteiger partial charge in [-0.3, -0.25) is 4.79 Å². The van der Waals surface area contributed by atoms with E-state index in [1.165, 1.54) is 0 Å². The third-order valence-electron chi connectivity index (χ3n) is 3.65. The largest absolute Gasteiger partial charge is 0.397 e. The van der Waals surface area contributed by atoms with E-state index in [9.17, 15) is 4.79 Å². The van der Waals surface area contributed by atoms with Gasteiger partial charge < -0.3 is 20.1 Å². The summed E-state index contributed by atoms with van der Waals surface area (Å²) in [4.78, 5) is 12.3. The molecule has 2 heterocycles. The number of carbonyl (C=O) groups is 1. The van der Waals surface area contributed by atoms with E-state index in [4.69, 9.17) is 10.3 Å². The topological polar surface area (TPSA) is 86.1 Å². The molecule has 6 heteroatoms. The molecule has 0 unspecified atom stereocenters. The molecule has 0 spiro atoms. The lowest BCUT2D eigenvalue weighted by molar-refractivity contribution is 0.0941. The van der Waals surface area contributed by atoms with Gasteiger partial charge in [0.15, 0.2) is 0 Å². The van der Waals surface area contributed by atoms with E-state index in [-0.39, 0.29) is 5.91 Å². The average Bonchev–Trinajstić information content (AvgIpc) is 3.11. The van der Waals surface area contributed by atoms with Crippen molar-refractivity contribution in [2.45, 2.75) is 39.3 Å². The molecule has 1 aliphatic carbocycles. The molecule has 20 heavy (non-hydrogen) atoms. The minimum Gasteiger partial charge on any atom is -0.397 e. The van der Waals surface area contributed by atoms with Gasteiger partial charge in [0.2, 0.25) is 0 Å². The van der Waals surface area contributed by atoms with E-state index >= 15 is 0 Å². The Morgan fingerprint density at radius 2 is 2.30 bits per heavy atom. The van der Waals surface area contributed by atoms with Gasteiger partial charge >= 0.3 is 0 Å². The Bertz CT molecular complexity index is 633. The molecule has 0 aromatic carbocycles. The van der Waals surface area contributed by atoms with Crippen LogP contribution in [0.4, 0.5) is 5.69 Å². The summed E-state index contributed by atoms with van der Waals surface area (Å²) in [6.45, 7) is 4.12. The maximum atomic E-state index is 12.3. The number of hydrogen-bond acceptors (Lipinski definition) is 4. The summed E-state index contributed by atoms with van der Waals surface area (Å²) in [5.41, 5.74) is 8.77. The lowest BCUT2D eigenvalue weighted by Crippen LogP contribution is -2.25. The van der Waals surface area contributed by atoms with Gasteiger partial charge in [-0.1, -0.05) is 5.16 Å². The molecule has 0 atom stereocenters. The maximum absolute atomic E-state index is 12.3. The van der Waals surface area contributed by atoms with Crippen molar-refractivity contribution in [3.63, 3.8) is 0 Å². The minimum atomic E-state index is -0.117. The Hall–Kier alpha value is -2.24. The molecule has 3 N–H and O–H groups in total. The summed E-state index contributed by atoms with van der Waals surface area (Å²) in [6.07, 6.45) is 4.05. The molecule has 0 radical (unpaired) electrons. The zero-order valence-electron chi connectivity index (χ0n) is 11.6. The van der Waals surface area contributed by atoms with Crippen LogP contribution < -0.4 is 11.1 Å². The number of nitrogens with one attached hydrogen (secondary N) is 1. The lowest BCUT2D eigenvalue weighted by atomic mass is 10.2. The summed E-state index contributed by atoms with van der Waals surface area (Å²) in [5.74, 6) is 0.619. The van der Waals surface area contributed by atoms with Crippen LogP contribution in [0.25, 0.3) is 0 Å². The Labute approximate surface area is 116 Å². The van der Waals surface area contributed by atoms with Crippen molar-refractivity contribution >= 4 is 11.6 Å². The molecule has 106 valence electrons. The van der Waals surface area contributed by atoms with Crippen molar-refractivity contribution in [1.29, 1.82) is 0 Å². The molecule has 0 aliphatic heterocycles. The molecule has 6 nitrogen and oxygen atoms in total. The number of nitrogens with zero attached hydrogens (tertiary/aromatic N) is 2. The number of carbonyl (C=O) groups excluding carboxylic acids is 1. The SMILES string of the molecule is Cc1noc(C)c1CNC(=O)c1cc(N)cn1C1CC1. The van der Waals surface area contributed by atoms with E-state index in [0.717, 1.165) is 29.9 Å². The van der Waals surface area contributed by atoms with Gasteiger partial charge in [-0.05, 0) is 32.8 Å². The van der Waals surface area contributed by atoms with E-state index < -0.39 is 0 Å². The second kappa shape index (κ2) is 4.70. The number of nitrogens with two attached hydrogens (primary N) is 1. The Kier molecular flexibility index (Phi) is 3.00. The fourth-order valence-electron chi connectivity index (χ4n) is 2.35. The lowest BCUT2D eigenvalue weighted by Gasteiger charge is -2.08. The normalized spacial score (nSPS) is 14.5. The number of rotatable bonds is 4. The van der Waals surface area contributed by atoms with E-state index in [1.54, 1.807) is 6.07 Å². The van der Waals surface area contributed by atoms with Crippen LogP contribution in [-0.4, -0.2) is 15.6 Å². The van der Waals surface area contributed by atoms with Crippen LogP contribution in [-0.2, 0) is 6.54 Å². The minimum absolute atomic E-state index is 0.117. The second-order valence-corrected chi connectivity index (χ2v) is 5.28. The third-order valence-corrected chi connectivity index (χ3v) is 3.65. The molecule has 0 bridgehead atoms. The number of hydrogen-bond donors (Lipinski definition) is 2. The monoisotopic (exact) mass is 274 g/mol. The molecule has 1 aliphatic rings. The molecular weight excluding hydrogens is 256 g/mol. The van der Waals surface area contributed by atoms with Gasteiger partial charge in [0.25, 0.3) is 5.91 Å². The highest BCUT2D eigenvalue weighted by atomic mass is 16.5. The van der Waals surface area contributed by atoms with Crippen LogP contribution >= 0.6 is 0 Å². The first-order valence-electron chi connectivity index (χ1n) is 6.73. The molecule has 1 amide bonds. The quantitative estimate of drug-likeness (QED) is 0.892. The van der Waals surface area contributed by atoms with Crippen molar-refractivity contribution in [2.24, 2.45) is 0 Å². The van der Waals surface area contributed by atoms with Gasteiger partial charge in [-0.25, -0.2) is 0 Å². The van der Waals surface area contributed by atoms with Crippen molar-refractivity contribution in [3.05, 3.63) is 35.0 Å². The van der Waals surface area contributed by atoms with Gasteiger partial charge in [0.1, 0.15) is 11.5 Å². The first-order valence-corrected chi connectivity index (χ1v) is 6.73. The average molecular weight is 274 g/mol. The van der Waals surface area contributed by atoms with Gasteiger partial charge in [-0.2, -0.15) is 0 Å². The first-order chi connectivity index (χ1) is 9.56. The van der Waals surface area contributed by atoms with Crippen molar-refractivity contribution in [2.75, 3.05) is 5.73 Å². The summed E-state index contributed by atoms with van der Waals surface area (Å²) < 4.78 is 7.05. The van der Waals surface area contributed by atoms with Gasteiger partial charge in [-0.15, -0.1) is 0 Å². The van der Waals surface area contributed by atoms with Crippen LogP contribution in [0.15, 0.2) is 16.8 Å². The van der Waals surface area contributed by atoms with Crippen LogP contribution in [0.2, 0.25) is 0 Å². The van der Waals surface area contributed by atoms with Crippen LogP contribution in [0, 0.1) is 13.8 Å². The third kappa shape index (κ3) is 2.29. The van der Waals surface area contributed by atoms with Crippen molar-refractivity contribution in [1.82, 2.24) is 15.0 Å². The van der Waals surface area contributed by atoms with Crippen molar-refractivity contribution < 1.29 is 9.32 Å². The predicted octanol–water partition coefficient (Wildman–Crippen LogP) is 1.94. The molecule has 1 saturated carbocycles. The number of anilines is 1. The van der Waals surface area contributed by atoms with E-state index in [0.29, 0.717) is 24.0 Å². The Balaban J connectivity index is 1.73. The zero-order valence-corrected chi connectivity index (χ0v) is 11.6. The van der Waals surface area contributed by atoms with E-state index in [1.807, 2.05) is 24.6 Å². The molecular formula is C14H18N4O2. The molecule has 2 aromatic rings. The highest BCUT2D eigenvalue weighted by molar-refractivity contribution is 5.93. The molecule has 1 fully saturated rings. The molecule has 0 saturated heterocycles. The fourth-order valence-corrected chi connectivity index (χ4v) is 2.35. The number of aryl methyl sites for hydroxylation is 2. The molecule has 3 rings (SSSR count). The van der Waals surface area contributed by atoms with Crippen LogP contribution in [0.1, 0.15) is 46.4 Å². The smallest absolute Gasteiger partial charge is 0.268 e. The number of amides is 1. The van der Waals surface area contributed by atoms with E-state index in [2.05, 4.69) is 10.5 Å². The Morgan fingerprint density at radius 1 is 1.55 bits per heavy atom. The number of nitrogen functional groups attached to an aromatic ring is 1. The number of aromatic nitrogens is 2. The fraction of sp³-hybridized carbons (Fsp3) is 0.429. The highest BCUT2D eigenvalue weighted by Gasteiger charge is 2.27. The van der Waals surface area contributed by atoms with Crippen molar-refractivity contribution in [3.8, 4) is 0 Å². The Morgan fingerprint density at radius 3 is 2.90 bits per heavy atom. The zero-order chi connectivity index (χ0) is 14.3. The molecule has 2 aromatic heterocycles. The summed E-state index contributed by atoms with van der Waals surface area (Å²) in [5, 5.41) is 6.78. The maximum Gasteiger partial charge on any atom is 0.268 e. The first kappa shape index (κ1) is 12.8.